The second-order valence-corrected chi connectivity index (χ2v) is 6.82. The van der Waals surface area contributed by atoms with Crippen LogP contribution in [-0.2, 0) is 15.8 Å². The summed E-state index contributed by atoms with van der Waals surface area (Å²) in [5.41, 5.74) is 1.51. The molecule has 0 aromatic heterocycles. The van der Waals surface area contributed by atoms with E-state index in [1.165, 1.54) is 0 Å². The molecule has 0 spiro atoms. The fraction of sp³-hybridized carbons (Fsp3) is 0.500. The van der Waals surface area contributed by atoms with Crippen LogP contribution in [0.4, 0.5) is 0 Å². The highest BCUT2D eigenvalue weighted by Crippen LogP contribution is 2.10. The number of rotatable bonds is 3. The summed E-state index contributed by atoms with van der Waals surface area (Å²) in [6.45, 7) is 7.48. The van der Waals surface area contributed by atoms with Crippen LogP contribution in [0.3, 0.4) is 0 Å². The van der Waals surface area contributed by atoms with E-state index in [1.807, 2.05) is 52.0 Å². The van der Waals surface area contributed by atoms with Crippen molar-refractivity contribution in [3.63, 3.8) is 0 Å². The summed E-state index contributed by atoms with van der Waals surface area (Å²) in [7, 11) is -3.26. The van der Waals surface area contributed by atoms with Gasteiger partial charge >= 0.3 is 0 Å². The van der Waals surface area contributed by atoms with Crippen molar-refractivity contribution in [2.45, 2.75) is 39.0 Å². The number of hydrogen-bond donors (Lipinski definition) is 1. The molecule has 1 aromatic carbocycles. The molecule has 0 radical (unpaired) electrons. The SMILES string of the molecule is Cc1ccc(CS(=O)(=O)NC(C)(C)C)cc1. The molecule has 4 heteroatoms. The number of aryl methyl sites for hydroxylation is 1. The smallest absolute Gasteiger partial charge is 0.212 e. The average molecular weight is 241 g/mol. The van der Waals surface area contributed by atoms with Crippen LogP contribution in [0.15, 0.2) is 24.3 Å². The Kier molecular flexibility index (Phi) is 3.76. The Balaban J connectivity index is 2.77. The average Bonchev–Trinajstić information content (AvgIpc) is 2.04. The standard InChI is InChI=1S/C12H19NO2S/c1-10-5-7-11(8-6-10)9-16(14,15)13-12(2,3)4/h5-8,13H,9H2,1-4H3. The largest absolute Gasteiger partial charge is 0.216 e. The molecular weight excluding hydrogens is 222 g/mol. The van der Waals surface area contributed by atoms with Gasteiger partial charge < -0.3 is 0 Å². The second-order valence-electron chi connectivity index (χ2n) is 5.10. The highest BCUT2D eigenvalue weighted by atomic mass is 32.2. The van der Waals surface area contributed by atoms with Crippen LogP contribution in [0, 0.1) is 6.92 Å². The van der Waals surface area contributed by atoms with Crippen molar-refractivity contribution in [1.29, 1.82) is 0 Å². The van der Waals surface area contributed by atoms with Crippen molar-refractivity contribution in [1.82, 2.24) is 4.72 Å². The maximum absolute atomic E-state index is 11.8. The van der Waals surface area contributed by atoms with Crippen molar-refractivity contribution in [2.75, 3.05) is 0 Å². The molecule has 0 atom stereocenters. The molecule has 0 fully saturated rings. The van der Waals surface area contributed by atoms with Gasteiger partial charge in [-0.3, -0.25) is 0 Å². The summed E-state index contributed by atoms with van der Waals surface area (Å²) in [4.78, 5) is 0. The van der Waals surface area contributed by atoms with Gasteiger partial charge in [0.25, 0.3) is 0 Å². The van der Waals surface area contributed by atoms with E-state index in [-0.39, 0.29) is 5.75 Å². The Morgan fingerprint density at radius 1 is 1.12 bits per heavy atom. The molecule has 3 nitrogen and oxygen atoms in total. The lowest BCUT2D eigenvalue weighted by molar-refractivity contribution is 0.491. The molecule has 0 saturated heterocycles. The van der Waals surface area contributed by atoms with E-state index in [2.05, 4.69) is 4.72 Å². The second kappa shape index (κ2) is 4.55. The minimum absolute atomic E-state index is 0.0323. The van der Waals surface area contributed by atoms with Crippen molar-refractivity contribution in [3.8, 4) is 0 Å². The summed E-state index contributed by atoms with van der Waals surface area (Å²) >= 11 is 0. The van der Waals surface area contributed by atoms with E-state index in [1.54, 1.807) is 0 Å². The molecule has 0 unspecified atom stereocenters. The first kappa shape index (κ1) is 13.2. The Bertz CT molecular complexity index is 441. The lowest BCUT2D eigenvalue weighted by Crippen LogP contribution is -2.41. The van der Waals surface area contributed by atoms with Crippen LogP contribution < -0.4 is 4.72 Å². The minimum atomic E-state index is -3.26. The van der Waals surface area contributed by atoms with Crippen LogP contribution in [0.2, 0.25) is 0 Å². The van der Waals surface area contributed by atoms with Gasteiger partial charge in [0, 0.05) is 5.54 Å². The fourth-order valence-corrected chi connectivity index (χ4v) is 3.04. The first-order chi connectivity index (χ1) is 7.18. The Morgan fingerprint density at radius 2 is 1.62 bits per heavy atom. The maximum atomic E-state index is 11.8. The Morgan fingerprint density at radius 3 is 2.06 bits per heavy atom. The van der Waals surface area contributed by atoms with E-state index in [0.29, 0.717) is 0 Å². The van der Waals surface area contributed by atoms with Crippen molar-refractivity contribution in [2.24, 2.45) is 0 Å². The Hall–Kier alpha value is -0.870. The molecule has 0 aliphatic carbocycles. The highest BCUT2D eigenvalue weighted by molar-refractivity contribution is 7.88. The lowest BCUT2D eigenvalue weighted by atomic mass is 10.1. The molecule has 0 bridgehead atoms. The van der Waals surface area contributed by atoms with Gasteiger partial charge in [0.2, 0.25) is 10.0 Å². The third-order valence-electron chi connectivity index (χ3n) is 1.94. The van der Waals surface area contributed by atoms with Crippen molar-refractivity contribution in [3.05, 3.63) is 35.4 Å². The highest BCUT2D eigenvalue weighted by Gasteiger charge is 2.19. The molecule has 1 N–H and O–H groups in total. The van der Waals surface area contributed by atoms with E-state index in [9.17, 15) is 8.42 Å². The molecular formula is C12H19NO2S. The van der Waals surface area contributed by atoms with E-state index in [4.69, 9.17) is 0 Å². The minimum Gasteiger partial charge on any atom is -0.212 e. The van der Waals surface area contributed by atoms with Crippen LogP contribution in [0.1, 0.15) is 31.9 Å². The fourth-order valence-electron chi connectivity index (χ4n) is 1.41. The van der Waals surface area contributed by atoms with Gasteiger partial charge in [-0.2, -0.15) is 0 Å². The molecule has 1 aromatic rings. The van der Waals surface area contributed by atoms with Gasteiger partial charge in [-0.15, -0.1) is 0 Å². The zero-order valence-corrected chi connectivity index (χ0v) is 11.1. The third-order valence-corrected chi connectivity index (χ3v) is 3.58. The quantitative estimate of drug-likeness (QED) is 0.882. The number of hydrogen-bond acceptors (Lipinski definition) is 2. The van der Waals surface area contributed by atoms with Gasteiger partial charge in [-0.25, -0.2) is 13.1 Å². The Labute approximate surface area is 97.9 Å². The van der Waals surface area contributed by atoms with Crippen molar-refractivity contribution < 1.29 is 8.42 Å². The number of benzene rings is 1. The summed E-state index contributed by atoms with van der Waals surface area (Å²) < 4.78 is 26.2. The van der Waals surface area contributed by atoms with E-state index >= 15 is 0 Å². The third kappa shape index (κ3) is 4.77. The molecule has 90 valence electrons. The zero-order chi connectivity index (χ0) is 12.4. The first-order valence-corrected chi connectivity index (χ1v) is 6.90. The molecule has 0 heterocycles. The summed E-state index contributed by atoms with van der Waals surface area (Å²) in [5.74, 6) is 0.0323. The predicted molar refractivity (Wildman–Crippen MR) is 66.7 cm³/mol. The van der Waals surface area contributed by atoms with E-state index in [0.717, 1.165) is 11.1 Å². The monoisotopic (exact) mass is 241 g/mol. The van der Waals surface area contributed by atoms with Crippen LogP contribution in [0.5, 0.6) is 0 Å². The topological polar surface area (TPSA) is 46.2 Å². The molecule has 0 amide bonds. The van der Waals surface area contributed by atoms with E-state index < -0.39 is 15.6 Å². The molecule has 0 aliphatic rings. The normalized spacial score (nSPS) is 12.8. The van der Waals surface area contributed by atoms with Crippen LogP contribution in [0.25, 0.3) is 0 Å². The van der Waals surface area contributed by atoms with Crippen LogP contribution >= 0.6 is 0 Å². The zero-order valence-electron chi connectivity index (χ0n) is 10.2. The summed E-state index contributed by atoms with van der Waals surface area (Å²) in [6.07, 6.45) is 0. The van der Waals surface area contributed by atoms with Gasteiger partial charge in [-0.05, 0) is 33.3 Å². The first-order valence-electron chi connectivity index (χ1n) is 5.25. The lowest BCUT2D eigenvalue weighted by Gasteiger charge is -2.20. The molecule has 16 heavy (non-hydrogen) atoms. The van der Waals surface area contributed by atoms with Crippen LogP contribution in [-0.4, -0.2) is 14.0 Å². The predicted octanol–water partition coefficient (Wildman–Crippen LogP) is 2.21. The van der Waals surface area contributed by atoms with Gasteiger partial charge in [0.1, 0.15) is 0 Å². The molecule has 0 saturated carbocycles. The van der Waals surface area contributed by atoms with Gasteiger partial charge in [0.15, 0.2) is 0 Å². The van der Waals surface area contributed by atoms with Gasteiger partial charge in [-0.1, -0.05) is 29.8 Å². The number of nitrogens with one attached hydrogen (secondary N) is 1. The molecule has 0 aliphatic heterocycles. The number of sulfonamides is 1. The van der Waals surface area contributed by atoms with Crippen molar-refractivity contribution >= 4 is 10.0 Å². The van der Waals surface area contributed by atoms with Gasteiger partial charge in [0.05, 0.1) is 5.75 Å². The maximum Gasteiger partial charge on any atom is 0.216 e. The molecule has 1 rings (SSSR count). The summed E-state index contributed by atoms with van der Waals surface area (Å²) in [6, 6.07) is 7.53. The summed E-state index contributed by atoms with van der Waals surface area (Å²) in [5, 5.41) is 0.